The van der Waals surface area contributed by atoms with E-state index in [-0.39, 0.29) is 42.9 Å². The summed E-state index contributed by atoms with van der Waals surface area (Å²) in [5, 5.41) is 11.9. The molecule has 0 saturated heterocycles. The molecule has 29 heavy (non-hydrogen) atoms. The smallest absolute Gasteiger partial charge is 0.306 e. The zero-order valence-electron chi connectivity index (χ0n) is 17.2. The number of aliphatic carboxylic acids is 1. The summed E-state index contributed by atoms with van der Waals surface area (Å²) in [5.41, 5.74) is 1.98. The highest BCUT2D eigenvalue weighted by molar-refractivity contribution is 5.72. The third-order valence-corrected chi connectivity index (χ3v) is 5.75. The van der Waals surface area contributed by atoms with E-state index in [9.17, 15) is 9.59 Å². The van der Waals surface area contributed by atoms with Crippen molar-refractivity contribution in [2.45, 2.75) is 56.7 Å². The van der Waals surface area contributed by atoms with Crippen molar-refractivity contribution in [2.75, 3.05) is 20.7 Å². The molecule has 3 unspecified atom stereocenters. The maximum absolute atomic E-state index is 12.1. The van der Waals surface area contributed by atoms with E-state index in [0.717, 1.165) is 29.8 Å². The topological polar surface area (TPSA) is 94.1 Å². The fourth-order valence-corrected chi connectivity index (χ4v) is 4.34. The van der Waals surface area contributed by atoms with Gasteiger partial charge in [0.1, 0.15) is 12.2 Å². The second-order valence-electron chi connectivity index (χ2n) is 7.66. The van der Waals surface area contributed by atoms with E-state index in [0.29, 0.717) is 12.2 Å². The van der Waals surface area contributed by atoms with Gasteiger partial charge in [0, 0.05) is 24.8 Å². The number of fused-ring (bicyclic) bond motifs is 3. The van der Waals surface area contributed by atoms with E-state index in [1.165, 1.54) is 0 Å². The first-order chi connectivity index (χ1) is 13.9. The maximum atomic E-state index is 12.1. The first-order valence-corrected chi connectivity index (χ1v) is 10.0. The Labute approximate surface area is 171 Å². The molecule has 0 fully saturated rings. The minimum atomic E-state index is -0.911. The van der Waals surface area contributed by atoms with Gasteiger partial charge in [0.2, 0.25) is 0 Å². The average molecular weight is 403 g/mol. The monoisotopic (exact) mass is 403 g/mol. The summed E-state index contributed by atoms with van der Waals surface area (Å²) in [6, 6.07) is 3.97. The van der Waals surface area contributed by atoms with Crippen LogP contribution in [0.2, 0.25) is 0 Å². The number of aryl methyl sites for hydroxylation is 1. The number of carboxylic acids is 1. The summed E-state index contributed by atoms with van der Waals surface area (Å²) >= 11 is 0. The van der Waals surface area contributed by atoms with E-state index >= 15 is 0 Å². The molecule has 1 heterocycles. The van der Waals surface area contributed by atoms with Crippen LogP contribution in [-0.2, 0) is 19.7 Å². The van der Waals surface area contributed by atoms with Gasteiger partial charge < -0.3 is 24.6 Å². The number of hydrogen-bond acceptors (Lipinski definition) is 6. The fourth-order valence-electron chi connectivity index (χ4n) is 4.34. The van der Waals surface area contributed by atoms with Gasteiger partial charge in [-0.2, -0.15) is 0 Å². The van der Waals surface area contributed by atoms with E-state index in [4.69, 9.17) is 19.3 Å². The van der Waals surface area contributed by atoms with Crippen LogP contribution >= 0.6 is 0 Å². The van der Waals surface area contributed by atoms with E-state index in [1.54, 1.807) is 7.11 Å². The average Bonchev–Trinajstić information content (AvgIpc) is 3.02. The normalized spacial score (nSPS) is 24.4. The zero-order valence-corrected chi connectivity index (χ0v) is 17.2. The standard InChI is InChI=1S/C22H29NO6/c1-14-7-8-16(27-3)21-20(14)22(11-12-23-2)10-9-15(13-17(22)29-21)28-19(26)6-4-5-18(24)25/h7-10,15,17,23H,4-6,11-13H2,1-3H3,(H,24,25). The van der Waals surface area contributed by atoms with Gasteiger partial charge in [-0.25, -0.2) is 0 Å². The lowest BCUT2D eigenvalue weighted by Gasteiger charge is -2.37. The largest absolute Gasteiger partial charge is 0.493 e. The predicted octanol–water partition coefficient (Wildman–Crippen LogP) is 2.74. The summed E-state index contributed by atoms with van der Waals surface area (Å²) < 4.78 is 17.5. The Balaban J connectivity index is 1.81. The molecule has 7 heteroatoms. The van der Waals surface area contributed by atoms with Crippen molar-refractivity contribution in [3.63, 3.8) is 0 Å². The van der Waals surface area contributed by atoms with Gasteiger partial charge in [0.15, 0.2) is 11.5 Å². The first kappa shape index (κ1) is 21.2. The first-order valence-electron chi connectivity index (χ1n) is 10.0. The molecule has 0 amide bonds. The molecular weight excluding hydrogens is 374 g/mol. The second-order valence-corrected chi connectivity index (χ2v) is 7.66. The number of ether oxygens (including phenoxy) is 3. The van der Waals surface area contributed by atoms with Crippen LogP contribution < -0.4 is 14.8 Å². The van der Waals surface area contributed by atoms with E-state index in [1.807, 2.05) is 25.3 Å². The lowest BCUT2D eigenvalue weighted by Crippen LogP contribution is -2.44. The summed E-state index contributed by atoms with van der Waals surface area (Å²) in [5.74, 6) is 0.185. The molecule has 1 aromatic rings. The Bertz CT molecular complexity index is 805. The molecule has 2 aliphatic rings. The van der Waals surface area contributed by atoms with Crippen LogP contribution in [-0.4, -0.2) is 50.0 Å². The number of rotatable bonds is 9. The summed E-state index contributed by atoms with van der Waals surface area (Å²) in [4.78, 5) is 22.7. The lowest BCUT2D eigenvalue weighted by atomic mass is 9.68. The van der Waals surface area contributed by atoms with Crippen LogP contribution in [0, 0.1) is 6.92 Å². The molecule has 3 rings (SSSR count). The van der Waals surface area contributed by atoms with Crippen molar-refractivity contribution < 1.29 is 28.9 Å². The Morgan fingerprint density at radius 1 is 1.34 bits per heavy atom. The maximum Gasteiger partial charge on any atom is 0.306 e. The van der Waals surface area contributed by atoms with Crippen molar-refractivity contribution >= 4 is 11.9 Å². The van der Waals surface area contributed by atoms with Crippen LogP contribution in [0.3, 0.4) is 0 Å². The SMILES string of the molecule is CNCCC12C=CC(OC(=O)CCCC(=O)O)CC1Oc1c(OC)ccc(C)c12. The highest BCUT2D eigenvalue weighted by Crippen LogP contribution is 2.54. The van der Waals surface area contributed by atoms with Crippen molar-refractivity contribution in [1.29, 1.82) is 0 Å². The Morgan fingerprint density at radius 3 is 2.83 bits per heavy atom. The molecule has 1 aromatic carbocycles. The van der Waals surface area contributed by atoms with Gasteiger partial charge in [-0.15, -0.1) is 0 Å². The third kappa shape index (κ3) is 4.24. The minimum absolute atomic E-state index is 0.0388. The van der Waals surface area contributed by atoms with Crippen LogP contribution in [0.5, 0.6) is 11.5 Å². The Hall–Kier alpha value is -2.54. The summed E-state index contributed by atoms with van der Waals surface area (Å²) in [7, 11) is 3.56. The summed E-state index contributed by atoms with van der Waals surface area (Å²) in [6.45, 7) is 2.90. The number of benzene rings is 1. The highest BCUT2D eigenvalue weighted by atomic mass is 16.6. The number of carboxylic acid groups (broad SMARTS) is 1. The summed E-state index contributed by atoms with van der Waals surface area (Å²) in [6.07, 6.45) is 5.24. The second kappa shape index (κ2) is 8.86. The number of methoxy groups -OCH3 is 1. The number of carbonyl (C=O) groups excluding carboxylic acids is 1. The molecule has 3 atom stereocenters. The molecule has 0 spiro atoms. The van der Waals surface area contributed by atoms with E-state index in [2.05, 4.69) is 18.3 Å². The quantitative estimate of drug-likeness (QED) is 0.484. The van der Waals surface area contributed by atoms with Gasteiger partial charge >= 0.3 is 11.9 Å². The van der Waals surface area contributed by atoms with Crippen molar-refractivity contribution in [2.24, 2.45) is 0 Å². The molecule has 0 aromatic heterocycles. The molecule has 7 nitrogen and oxygen atoms in total. The van der Waals surface area contributed by atoms with Crippen LogP contribution in [0.25, 0.3) is 0 Å². The van der Waals surface area contributed by atoms with Gasteiger partial charge in [-0.3, -0.25) is 9.59 Å². The third-order valence-electron chi connectivity index (χ3n) is 5.75. The van der Waals surface area contributed by atoms with Crippen LogP contribution in [0.4, 0.5) is 0 Å². The molecule has 0 saturated carbocycles. The highest BCUT2D eigenvalue weighted by Gasteiger charge is 2.51. The van der Waals surface area contributed by atoms with E-state index < -0.39 is 5.97 Å². The van der Waals surface area contributed by atoms with Gasteiger partial charge in [0.25, 0.3) is 0 Å². The molecule has 1 aliphatic heterocycles. The fraction of sp³-hybridized carbons (Fsp3) is 0.545. The molecule has 158 valence electrons. The minimum Gasteiger partial charge on any atom is -0.493 e. The number of nitrogens with one attached hydrogen (secondary N) is 1. The van der Waals surface area contributed by atoms with Crippen molar-refractivity contribution in [1.82, 2.24) is 5.32 Å². The zero-order chi connectivity index (χ0) is 21.0. The van der Waals surface area contributed by atoms with Crippen LogP contribution in [0.1, 0.15) is 43.2 Å². The molecular formula is C22H29NO6. The van der Waals surface area contributed by atoms with Gasteiger partial charge in [0.05, 0.1) is 12.5 Å². The molecule has 2 N–H and O–H groups in total. The van der Waals surface area contributed by atoms with Crippen LogP contribution in [0.15, 0.2) is 24.3 Å². The molecule has 1 aliphatic carbocycles. The van der Waals surface area contributed by atoms with Gasteiger partial charge in [-0.05, 0) is 51.1 Å². The van der Waals surface area contributed by atoms with Crippen molar-refractivity contribution in [3.8, 4) is 11.5 Å². The number of hydrogen-bond donors (Lipinski definition) is 2. The molecule has 0 bridgehead atoms. The lowest BCUT2D eigenvalue weighted by molar-refractivity contribution is -0.148. The van der Waals surface area contributed by atoms with Gasteiger partial charge in [-0.1, -0.05) is 12.1 Å². The Kier molecular flexibility index (Phi) is 6.47. The Morgan fingerprint density at radius 2 is 2.14 bits per heavy atom. The predicted molar refractivity (Wildman–Crippen MR) is 107 cm³/mol. The van der Waals surface area contributed by atoms with Crippen molar-refractivity contribution in [3.05, 3.63) is 35.4 Å². The number of carbonyl (C=O) groups is 2. The molecule has 0 radical (unpaired) electrons. The number of esters is 1.